The van der Waals surface area contributed by atoms with Crippen LogP contribution in [0.3, 0.4) is 0 Å². The van der Waals surface area contributed by atoms with Crippen LogP contribution in [0.15, 0.2) is 36.4 Å². The van der Waals surface area contributed by atoms with Crippen LogP contribution in [0.4, 0.5) is 5.69 Å². The maximum Gasteiger partial charge on any atom is 0.311 e. The summed E-state index contributed by atoms with van der Waals surface area (Å²) < 4.78 is 15.9. The molecule has 0 N–H and O–H groups in total. The minimum atomic E-state index is -0.520. The highest BCUT2D eigenvalue weighted by atomic mass is 16.6. The van der Waals surface area contributed by atoms with Crippen LogP contribution < -0.4 is 14.2 Å². The lowest BCUT2D eigenvalue weighted by atomic mass is 10.1. The zero-order valence-corrected chi connectivity index (χ0v) is 16.4. The van der Waals surface area contributed by atoms with E-state index in [0.29, 0.717) is 24.5 Å². The standard InChI is InChI=1S/C20H24N2O6/c1-14-5-7-17(16(11-14)22(24)25)28-13-20(23)21(2)10-9-15-6-8-18(26-3)19(12-15)27-4/h5-8,11-12H,9-10,13H2,1-4H3. The van der Waals surface area contributed by atoms with Crippen molar-refractivity contribution >= 4 is 11.6 Å². The molecular formula is C20H24N2O6. The van der Waals surface area contributed by atoms with Crippen molar-refractivity contribution in [2.45, 2.75) is 13.3 Å². The normalized spacial score (nSPS) is 10.3. The number of carbonyl (C=O) groups excluding carboxylic acids is 1. The van der Waals surface area contributed by atoms with Crippen LogP contribution in [0.5, 0.6) is 17.2 Å². The van der Waals surface area contributed by atoms with Gasteiger partial charge in [0.25, 0.3) is 5.91 Å². The molecule has 0 radical (unpaired) electrons. The molecule has 2 rings (SSSR count). The third-order valence-electron chi connectivity index (χ3n) is 4.27. The van der Waals surface area contributed by atoms with Gasteiger partial charge in [-0.15, -0.1) is 0 Å². The third-order valence-corrected chi connectivity index (χ3v) is 4.27. The molecule has 0 bridgehead atoms. The summed E-state index contributed by atoms with van der Waals surface area (Å²) in [6, 6.07) is 10.2. The number of benzene rings is 2. The van der Waals surface area contributed by atoms with Crippen LogP contribution in [-0.2, 0) is 11.2 Å². The topological polar surface area (TPSA) is 91.1 Å². The second kappa shape index (κ2) is 9.59. The summed E-state index contributed by atoms with van der Waals surface area (Å²) in [5, 5.41) is 11.1. The van der Waals surface area contributed by atoms with Crippen molar-refractivity contribution in [1.29, 1.82) is 0 Å². The van der Waals surface area contributed by atoms with Crippen LogP contribution in [0.1, 0.15) is 11.1 Å². The van der Waals surface area contributed by atoms with Crippen molar-refractivity contribution in [2.24, 2.45) is 0 Å². The van der Waals surface area contributed by atoms with Gasteiger partial charge in [-0.3, -0.25) is 14.9 Å². The highest BCUT2D eigenvalue weighted by Crippen LogP contribution is 2.28. The lowest BCUT2D eigenvalue weighted by Gasteiger charge is -2.18. The van der Waals surface area contributed by atoms with Crippen molar-refractivity contribution in [3.05, 3.63) is 57.6 Å². The monoisotopic (exact) mass is 388 g/mol. The molecule has 0 aliphatic carbocycles. The van der Waals surface area contributed by atoms with Gasteiger partial charge in [0.1, 0.15) is 0 Å². The highest BCUT2D eigenvalue weighted by Gasteiger charge is 2.17. The minimum Gasteiger partial charge on any atom is -0.493 e. The van der Waals surface area contributed by atoms with E-state index in [1.165, 1.54) is 17.0 Å². The van der Waals surface area contributed by atoms with E-state index in [-0.39, 0.29) is 24.0 Å². The summed E-state index contributed by atoms with van der Waals surface area (Å²) in [6.07, 6.45) is 0.618. The van der Waals surface area contributed by atoms with E-state index >= 15 is 0 Å². The van der Waals surface area contributed by atoms with Gasteiger partial charge in [0.2, 0.25) is 0 Å². The number of hydrogen-bond donors (Lipinski definition) is 0. The molecule has 8 nitrogen and oxygen atoms in total. The Morgan fingerprint density at radius 3 is 2.39 bits per heavy atom. The summed E-state index contributed by atoms with van der Waals surface area (Å²) in [7, 11) is 4.80. The molecule has 2 aromatic carbocycles. The van der Waals surface area contributed by atoms with Crippen LogP contribution in [-0.4, -0.2) is 50.1 Å². The second-order valence-electron chi connectivity index (χ2n) is 6.27. The van der Waals surface area contributed by atoms with E-state index in [0.717, 1.165) is 11.1 Å². The van der Waals surface area contributed by atoms with Gasteiger partial charge in [0, 0.05) is 19.7 Å². The van der Waals surface area contributed by atoms with E-state index in [9.17, 15) is 14.9 Å². The number of aryl methyl sites for hydroxylation is 1. The van der Waals surface area contributed by atoms with Gasteiger partial charge >= 0.3 is 5.69 Å². The predicted molar refractivity (Wildman–Crippen MR) is 104 cm³/mol. The van der Waals surface area contributed by atoms with Crippen LogP contribution in [0.2, 0.25) is 0 Å². The lowest BCUT2D eigenvalue weighted by Crippen LogP contribution is -2.33. The molecule has 0 aromatic heterocycles. The summed E-state index contributed by atoms with van der Waals surface area (Å²) in [6.45, 7) is 1.95. The van der Waals surface area contributed by atoms with Gasteiger partial charge in [-0.05, 0) is 42.7 Å². The molecule has 0 aliphatic heterocycles. The lowest BCUT2D eigenvalue weighted by molar-refractivity contribution is -0.385. The number of hydrogen-bond acceptors (Lipinski definition) is 6. The molecule has 2 aromatic rings. The molecule has 8 heteroatoms. The summed E-state index contributed by atoms with van der Waals surface area (Å²) in [4.78, 5) is 24.4. The maximum absolute atomic E-state index is 12.3. The summed E-state index contributed by atoms with van der Waals surface area (Å²) >= 11 is 0. The molecule has 1 amide bonds. The van der Waals surface area contributed by atoms with Crippen LogP contribution in [0.25, 0.3) is 0 Å². The molecule has 0 fully saturated rings. The first-order chi connectivity index (χ1) is 13.3. The number of methoxy groups -OCH3 is 2. The molecule has 0 heterocycles. The van der Waals surface area contributed by atoms with Crippen molar-refractivity contribution in [3.8, 4) is 17.2 Å². The van der Waals surface area contributed by atoms with Gasteiger partial charge in [0.15, 0.2) is 23.9 Å². The van der Waals surface area contributed by atoms with Crippen molar-refractivity contribution in [1.82, 2.24) is 4.90 Å². The Morgan fingerprint density at radius 1 is 1.07 bits per heavy atom. The number of carbonyl (C=O) groups is 1. The van der Waals surface area contributed by atoms with Gasteiger partial charge in [-0.25, -0.2) is 0 Å². The first kappa shape index (κ1) is 21.0. The number of nitro groups is 1. The molecule has 0 unspecified atom stereocenters. The minimum absolute atomic E-state index is 0.0808. The quantitative estimate of drug-likeness (QED) is 0.484. The van der Waals surface area contributed by atoms with E-state index in [1.807, 2.05) is 18.2 Å². The van der Waals surface area contributed by atoms with Gasteiger partial charge in [-0.1, -0.05) is 12.1 Å². The Hall–Kier alpha value is -3.29. The number of likely N-dealkylation sites (N-methyl/N-ethyl adjacent to an activating group) is 1. The van der Waals surface area contributed by atoms with Gasteiger partial charge in [-0.2, -0.15) is 0 Å². The van der Waals surface area contributed by atoms with Crippen molar-refractivity contribution in [2.75, 3.05) is 34.4 Å². The number of nitrogens with zero attached hydrogens (tertiary/aromatic N) is 2. The molecule has 0 saturated heterocycles. The van der Waals surface area contributed by atoms with E-state index in [4.69, 9.17) is 14.2 Å². The Balaban J connectivity index is 1.92. The molecule has 28 heavy (non-hydrogen) atoms. The fourth-order valence-corrected chi connectivity index (χ4v) is 2.60. The Bertz CT molecular complexity index is 853. The third kappa shape index (κ3) is 5.35. The Labute approximate surface area is 163 Å². The summed E-state index contributed by atoms with van der Waals surface area (Å²) in [5.74, 6) is 1.08. The Kier molecular flexibility index (Phi) is 7.20. The first-order valence-electron chi connectivity index (χ1n) is 8.68. The number of rotatable bonds is 9. The van der Waals surface area contributed by atoms with E-state index in [1.54, 1.807) is 34.3 Å². The number of nitro benzene ring substituents is 1. The van der Waals surface area contributed by atoms with E-state index < -0.39 is 4.92 Å². The fraction of sp³-hybridized carbons (Fsp3) is 0.350. The number of ether oxygens (including phenoxy) is 3. The molecule has 0 aliphatic rings. The number of amides is 1. The predicted octanol–water partition coefficient (Wildman–Crippen LogP) is 3.00. The highest BCUT2D eigenvalue weighted by molar-refractivity contribution is 5.77. The second-order valence-corrected chi connectivity index (χ2v) is 6.27. The molecule has 0 atom stereocenters. The fourth-order valence-electron chi connectivity index (χ4n) is 2.60. The zero-order valence-electron chi connectivity index (χ0n) is 16.4. The SMILES string of the molecule is COc1ccc(CCN(C)C(=O)COc2ccc(C)cc2[N+](=O)[O-])cc1OC. The maximum atomic E-state index is 12.3. The smallest absolute Gasteiger partial charge is 0.311 e. The van der Waals surface area contributed by atoms with Gasteiger partial charge < -0.3 is 19.1 Å². The zero-order chi connectivity index (χ0) is 20.7. The largest absolute Gasteiger partial charge is 0.493 e. The molecule has 0 spiro atoms. The average molecular weight is 388 g/mol. The van der Waals surface area contributed by atoms with E-state index in [2.05, 4.69) is 0 Å². The van der Waals surface area contributed by atoms with Crippen LogP contribution in [0, 0.1) is 17.0 Å². The average Bonchev–Trinajstić information content (AvgIpc) is 2.70. The molecule has 150 valence electrons. The van der Waals surface area contributed by atoms with Crippen molar-refractivity contribution < 1.29 is 23.9 Å². The summed E-state index contributed by atoms with van der Waals surface area (Å²) in [5.41, 5.74) is 1.59. The first-order valence-corrected chi connectivity index (χ1v) is 8.68. The van der Waals surface area contributed by atoms with Crippen molar-refractivity contribution in [3.63, 3.8) is 0 Å². The van der Waals surface area contributed by atoms with Crippen LogP contribution >= 0.6 is 0 Å². The molecular weight excluding hydrogens is 364 g/mol. The molecule has 0 saturated carbocycles. The Morgan fingerprint density at radius 2 is 1.75 bits per heavy atom. The van der Waals surface area contributed by atoms with Gasteiger partial charge in [0.05, 0.1) is 19.1 Å².